The lowest BCUT2D eigenvalue weighted by atomic mass is 9.87. The van der Waals surface area contributed by atoms with E-state index < -0.39 is 0 Å². The second-order valence-electron chi connectivity index (χ2n) is 3.83. The van der Waals surface area contributed by atoms with E-state index in [4.69, 9.17) is 4.74 Å². The van der Waals surface area contributed by atoms with Crippen LogP contribution in [0.5, 0.6) is 5.75 Å². The lowest BCUT2D eigenvalue weighted by Gasteiger charge is -2.17. The first-order valence-corrected chi connectivity index (χ1v) is 5.30. The van der Waals surface area contributed by atoms with Gasteiger partial charge in [0.2, 0.25) is 5.78 Å². The van der Waals surface area contributed by atoms with Gasteiger partial charge in [-0.05, 0) is 6.07 Å². The van der Waals surface area contributed by atoms with E-state index in [2.05, 4.69) is 9.97 Å². The van der Waals surface area contributed by atoms with Gasteiger partial charge in [0.05, 0.1) is 18.2 Å². The molecule has 2 aromatic rings. The highest BCUT2D eigenvalue weighted by Gasteiger charge is 2.33. The van der Waals surface area contributed by atoms with Crippen LogP contribution in [0.3, 0.4) is 0 Å². The predicted molar refractivity (Wildman–Crippen MR) is 61.9 cm³/mol. The third kappa shape index (κ3) is 1.27. The van der Waals surface area contributed by atoms with Gasteiger partial charge in [0.1, 0.15) is 17.8 Å². The molecule has 0 N–H and O–H groups in total. The van der Waals surface area contributed by atoms with Crippen molar-refractivity contribution in [2.24, 2.45) is 0 Å². The summed E-state index contributed by atoms with van der Waals surface area (Å²) < 4.78 is 5.13. The first-order valence-electron chi connectivity index (χ1n) is 5.30. The maximum atomic E-state index is 12.3. The van der Waals surface area contributed by atoms with Crippen molar-refractivity contribution >= 4 is 11.6 Å². The molecule has 88 valence electrons. The van der Waals surface area contributed by atoms with Gasteiger partial charge >= 0.3 is 0 Å². The first kappa shape index (κ1) is 10.6. The number of fused-ring (bicyclic) bond motifs is 2. The molecule has 0 spiro atoms. The Hall–Kier alpha value is -2.56. The highest BCUT2D eigenvalue weighted by Crippen LogP contribution is 2.31. The molecule has 1 heterocycles. The van der Waals surface area contributed by atoms with Crippen LogP contribution >= 0.6 is 0 Å². The zero-order valence-electron chi connectivity index (χ0n) is 9.51. The smallest absolute Gasteiger partial charge is 0.216 e. The van der Waals surface area contributed by atoms with Gasteiger partial charge in [-0.15, -0.1) is 0 Å². The Kier molecular flexibility index (Phi) is 2.19. The molecule has 1 aliphatic rings. The Labute approximate surface area is 102 Å². The fraction of sp³-hybridized carbons (Fsp3) is 0.0769. The summed E-state index contributed by atoms with van der Waals surface area (Å²) in [6, 6.07) is 4.93. The van der Waals surface area contributed by atoms with Crippen molar-refractivity contribution in [3.63, 3.8) is 0 Å². The number of methoxy groups -OCH3 is 1. The third-order valence-electron chi connectivity index (χ3n) is 2.89. The summed E-state index contributed by atoms with van der Waals surface area (Å²) in [4.78, 5) is 32.2. The molecule has 3 rings (SSSR count). The average Bonchev–Trinajstić information content (AvgIpc) is 2.44. The van der Waals surface area contributed by atoms with Gasteiger partial charge in [-0.25, -0.2) is 9.97 Å². The topological polar surface area (TPSA) is 69.2 Å². The van der Waals surface area contributed by atoms with Crippen LogP contribution < -0.4 is 4.74 Å². The van der Waals surface area contributed by atoms with Crippen molar-refractivity contribution < 1.29 is 14.3 Å². The first-order chi connectivity index (χ1) is 8.74. The Morgan fingerprint density at radius 2 is 1.94 bits per heavy atom. The molecule has 0 radical (unpaired) electrons. The summed E-state index contributed by atoms with van der Waals surface area (Å²) in [7, 11) is 1.46. The molecule has 5 heteroatoms. The molecule has 0 unspecified atom stereocenters. The van der Waals surface area contributed by atoms with Gasteiger partial charge < -0.3 is 4.74 Å². The van der Waals surface area contributed by atoms with Crippen LogP contribution in [0.2, 0.25) is 0 Å². The zero-order valence-corrected chi connectivity index (χ0v) is 9.51. The molecule has 5 nitrogen and oxygen atoms in total. The van der Waals surface area contributed by atoms with Crippen LogP contribution in [0.4, 0.5) is 0 Å². The van der Waals surface area contributed by atoms with Gasteiger partial charge in [0, 0.05) is 11.8 Å². The summed E-state index contributed by atoms with van der Waals surface area (Å²) in [6.45, 7) is 0. The number of carbonyl (C=O) groups excluding carboxylic acids is 2. The van der Waals surface area contributed by atoms with E-state index in [1.807, 2.05) is 0 Å². The lowest BCUT2D eigenvalue weighted by molar-refractivity contribution is 0.0972. The molecule has 0 bridgehead atoms. The Bertz CT molecular complexity index is 680. The maximum absolute atomic E-state index is 12.3. The van der Waals surface area contributed by atoms with Crippen molar-refractivity contribution in [3.8, 4) is 5.75 Å². The van der Waals surface area contributed by atoms with E-state index in [9.17, 15) is 9.59 Å². The zero-order chi connectivity index (χ0) is 12.7. The van der Waals surface area contributed by atoms with Crippen molar-refractivity contribution in [3.05, 3.63) is 53.1 Å². The molecule has 0 atom stereocenters. The van der Waals surface area contributed by atoms with Crippen LogP contribution in [0.15, 0.2) is 30.7 Å². The number of rotatable bonds is 1. The van der Waals surface area contributed by atoms with E-state index in [0.717, 1.165) is 0 Å². The number of benzene rings is 1. The van der Waals surface area contributed by atoms with Crippen molar-refractivity contribution in [1.82, 2.24) is 9.97 Å². The molecular formula is C13H8N2O3. The number of aromatic nitrogens is 2. The third-order valence-corrected chi connectivity index (χ3v) is 2.89. The maximum Gasteiger partial charge on any atom is 0.216 e. The number of ether oxygens (including phenoxy) is 1. The van der Waals surface area contributed by atoms with Crippen LogP contribution in [0.25, 0.3) is 0 Å². The molecule has 1 aromatic carbocycles. The van der Waals surface area contributed by atoms with Crippen LogP contribution in [0.1, 0.15) is 32.0 Å². The van der Waals surface area contributed by atoms with Gasteiger partial charge in [0.25, 0.3) is 0 Å². The predicted octanol–water partition coefficient (Wildman–Crippen LogP) is 1.26. The van der Waals surface area contributed by atoms with E-state index in [1.54, 1.807) is 18.2 Å². The van der Waals surface area contributed by atoms with Gasteiger partial charge in [-0.2, -0.15) is 0 Å². The monoisotopic (exact) mass is 240 g/mol. The van der Waals surface area contributed by atoms with Gasteiger partial charge in [-0.3, -0.25) is 9.59 Å². The number of carbonyl (C=O) groups is 2. The summed E-state index contributed by atoms with van der Waals surface area (Å²) in [6.07, 6.45) is 2.62. The molecule has 1 aromatic heterocycles. The lowest BCUT2D eigenvalue weighted by Crippen LogP contribution is -2.23. The van der Waals surface area contributed by atoms with Gasteiger partial charge in [-0.1, -0.05) is 12.1 Å². The fourth-order valence-electron chi connectivity index (χ4n) is 2.06. The second kappa shape index (κ2) is 3.73. The summed E-state index contributed by atoms with van der Waals surface area (Å²) in [5, 5.41) is 0. The molecule has 0 fully saturated rings. The second-order valence-corrected chi connectivity index (χ2v) is 3.83. The Balaban J connectivity index is 2.34. The quantitative estimate of drug-likeness (QED) is 0.640. The van der Waals surface area contributed by atoms with Crippen molar-refractivity contribution in [1.29, 1.82) is 0 Å². The number of hydrogen-bond acceptors (Lipinski definition) is 5. The normalized spacial score (nSPS) is 12.9. The number of hydrogen-bond donors (Lipinski definition) is 0. The van der Waals surface area contributed by atoms with E-state index in [1.165, 1.54) is 19.6 Å². The van der Waals surface area contributed by atoms with E-state index >= 15 is 0 Å². The molecule has 0 saturated carbocycles. The van der Waals surface area contributed by atoms with Crippen LogP contribution in [-0.2, 0) is 0 Å². The minimum absolute atomic E-state index is 0.131. The number of ketones is 2. The molecular weight excluding hydrogens is 232 g/mol. The summed E-state index contributed by atoms with van der Waals surface area (Å²) in [5.74, 6) is -0.173. The van der Waals surface area contributed by atoms with E-state index in [-0.39, 0.29) is 28.4 Å². The van der Waals surface area contributed by atoms with Crippen molar-refractivity contribution in [2.75, 3.05) is 7.11 Å². The van der Waals surface area contributed by atoms with E-state index in [0.29, 0.717) is 11.3 Å². The van der Waals surface area contributed by atoms with Gasteiger partial charge in [0.15, 0.2) is 5.78 Å². The fourth-order valence-corrected chi connectivity index (χ4v) is 2.06. The van der Waals surface area contributed by atoms with Crippen molar-refractivity contribution in [2.45, 2.75) is 0 Å². The Morgan fingerprint density at radius 1 is 1.11 bits per heavy atom. The minimum Gasteiger partial charge on any atom is -0.496 e. The summed E-state index contributed by atoms with van der Waals surface area (Å²) in [5.41, 5.74) is 0.980. The molecule has 18 heavy (non-hydrogen) atoms. The largest absolute Gasteiger partial charge is 0.496 e. The highest BCUT2D eigenvalue weighted by molar-refractivity contribution is 6.28. The SMILES string of the molecule is COc1cccc2c1C(=O)c1ncncc1C2=O. The molecule has 1 aliphatic carbocycles. The van der Waals surface area contributed by atoms with Crippen LogP contribution in [-0.4, -0.2) is 28.6 Å². The summed E-state index contributed by atoms with van der Waals surface area (Å²) >= 11 is 0. The molecule has 0 amide bonds. The Morgan fingerprint density at radius 3 is 2.72 bits per heavy atom. The van der Waals surface area contributed by atoms with Crippen LogP contribution in [0, 0.1) is 0 Å². The molecule has 0 aliphatic heterocycles. The number of nitrogens with zero attached hydrogens (tertiary/aromatic N) is 2. The average molecular weight is 240 g/mol. The standard InChI is InChI=1S/C13H8N2O3/c1-18-9-4-2-3-7-10(9)13(17)11-8(12(7)16)5-14-6-15-11/h2-6H,1H3. The minimum atomic E-state index is -0.306. The molecule has 0 saturated heterocycles. The highest BCUT2D eigenvalue weighted by atomic mass is 16.5.